The van der Waals surface area contributed by atoms with E-state index in [1.54, 1.807) is 12.0 Å². The number of hydrogen-bond acceptors (Lipinski definition) is 4. The van der Waals surface area contributed by atoms with Crippen molar-refractivity contribution >= 4 is 6.03 Å². The monoisotopic (exact) mass is 217 g/mol. The highest BCUT2D eigenvalue weighted by Gasteiger charge is 2.18. The summed E-state index contributed by atoms with van der Waals surface area (Å²) in [4.78, 5) is 12.9. The molecule has 3 N–H and O–H groups in total. The van der Waals surface area contributed by atoms with Crippen molar-refractivity contribution in [2.75, 3.05) is 46.5 Å². The number of hydrogen-bond donors (Lipinski definition) is 3. The second-order valence-corrected chi connectivity index (χ2v) is 3.51. The van der Waals surface area contributed by atoms with Crippen molar-refractivity contribution in [2.45, 2.75) is 6.04 Å². The zero-order chi connectivity index (χ0) is 11.1. The molecule has 0 aromatic rings. The van der Waals surface area contributed by atoms with Crippen molar-refractivity contribution in [3.05, 3.63) is 0 Å². The fourth-order valence-electron chi connectivity index (χ4n) is 1.51. The molecule has 1 unspecified atom stereocenters. The molecular weight excluding hydrogens is 198 g/mol. The minimum Gasteiger partial charge on any atom is -0.395 e. The number of rotatable bonds is 7. The van der Waals surface area contributed by atoms with Gasteiger partial charge in [-0.2, -0.15) is 0 Å². The first-order chi connectivity index (χ1) is 7.27. The number of amides is 2. The third kappa shape index (κ3) is 4.03. The predicted molar refractivity (Wildman–Crippen MR) is 55.7 cm³/mol. The van der Waals surface area contributed by atoms with Crippen LogP contribution in [0.4, 0.5) is 4.79 Å². The molecule has 6 nitrogen and oxygen atoms in total. The second-order valence-electron chi connectivity index (χ2n) is 3.51. The van der Waals surface area contributed by atoms with Crippen molar-refractivity contribution in [1.82, 2.24) is 15.5 Å². The van der Waals surface area contributed by atoms with Gasteiger partial charge < -0.3 is 25.4 Å². The average Bonchev–Trinajstić information content (AvgIpc) is 2.63. The zero-order valence-electron chi connectivity index (χ0n) is 9.03. The fraction of sp³-hybridized carbons (Fsp3) is 0.889. The van der Waals surface area contributed by atoms with Gasteiger partial charge in [0.25, 0.3) is 0 Å². The number of urea groups is 1. The Morgan fingerprint density at radius 3 is 3.07 bits per heavy atom. The fourth-order valence-corrected chi connectivity index (χ4v) is 1.51. The molecule has 1 rings (SSSR count). The van der Waals surface area contributed by atoms with E-state index >= 15 is 0 Å². The van der Waals surface area contributed by atoms with Crippen molar-refractivity contribution < 1.29 is 14.6 Å². The Bertz CT molecular complexity index is 201. The number of aliphatic hydroxyl groups is 1. The Balaban J connectivity index is 2.11. The van der Waals surface area contributed by atoms with Crippen molar-refractivity contribution in [1.29, 1.82) is 0 Å². The van der Waals surface area contributed by atoms with Gasteiger partial charge in [0.15, 0.2) is 0 Å². The molecule has 1 saturated heterocycles. The van der Waals surface area contributed by atoms with Gasteiger partial charge >= 0.3 is 6.03 Å². The Morgan fingerprint density at radius 1 is 1.73 bits per heavy atom. The molecule has 15 heavy (non-hydrogen) atoms. The van der Waals surface area contributed by atoms with Gasteiger partial charge in [0.1, 0.15) is 0 Å². The molecular formula is C9H19N3O3. The Labute approximate surface area is 89.6 Å². The molecule has 0 saturated carbocycles. The quantitative estimate of drug-likeness (QED) is 0.491. The maximum atomic E-state index is 11.2. The molecule has 1 aliphatic heterocycles. The van der Waals surface area contributed by atoms with Crippen LogP contribution in [0.2, 0.25) is 0 Å². The number of ether oxygens (including phenoxy) is 1. The lowest BCUT2D eigenvalue weighted by molar-refractivity contribution is 0.127. The summed E-state index contributed by atoms with van der Waals surface area (Å²) in [5, 5.41) is 14.8. The molecule has 1 aliphatic rings. The van der Waals surface area contributed by atoms with Gasteiger partial charge in [-0.05, 0) is 0 Å². The standard InChI is InChI=1S/C9H19N3O3/c1-15-7-8(6-13)10-2-4-12-5-3-11-9(12)14/h8,10,13H,2-7H2,1H3,(H,11,14). The number of carbonyl (C=O) groups excluding carboxylic acids is 1. The van der Waals surface area contributed by atoms with Crippen LogP contribution >= 0.6 is 0 Å². The minimum absolute atomic E-state index is 0.0101. The minimum atomic E-state index is -0.0549. The lowest BCUT2D eigenvalue weighted by Crippen LogP contribution is -2.42. The highest BCUT2D eigenvalue weighted by molar-refractivity contribution is 5.76. The van der Waals surface area contributed by atoms with Crippen LogP contribution in [0.25, 0.3) is 0 Å². The molecule has 1 fully saturated rings. The lowest BCUT2D eigenvalue weighted by Gasteiger charge is -2.18. The van der Waals surface area contributed by atoms with E-state index in [1.807, 2.05) is 0 Å². The largest absolute Gasteiger partial charge is 0.395 e. The summed E-state index contributed by atoms with van der Waals surface area (Å²) < 4.78 is 4.92. The van der Waals surface area contributed by atoms with Crippen LogP contribution in [0.5, 0.6) is 0 Å². The number of nitrogens with zero attached hydrogens (tertiary/aromatic N) is 1. The molecule has 0 spiro atoms. The molecule has 0 aromatic carbocycles. The van der Waals surface area contributed by atoms with Crippen LogP contribution in [-0.2, 0) is 4.74 Å². The van der Waals surface area contributed by atoms with Gasteiger partial charge in [-0.15, -0.1) is 0 Å². The normalized spacial score (nSPS) is 18.0. The molecule has 1 heterocycles. The van der Waals surface area contributed by atoms with Gasteiger partial charge in [-0.3, -0.25) is 0 Å². The number of nitrogens with one attached hydrogen (secondary N) is 2. The van der Waals surface area contributed by atoms with Crippen LogP contribution in [0.15, 0.2) is 0 Å². The smallest absolute Gasteiger partial charge is 0.317 e. The highest BCUT2D eigenvalue weighted by Crippen LogP contribution is 1.94. The number of aliphatic hydroxyl groups excluding tert-OH is 1. The van der Waals surface area contributed by atoms with Crippen LogP contribution in [-0.4, -0.2) is 68.6 Å². The number of methoxy groups -OCH3 is 1. The van der Waals surface area contributed by atoms with E-state index < -0.39 is 0 Å². The molecule has 0 radical (unpaired) electrons. The lowest BCUT2D eigenvalue weighted by atomic mass is 10.3. The summed E-state index contributed by atoms with van der Waals surface area (Å²) >= 11 is 0. The van der Waals surface area contributed by atoms with E-state index in [4.69, 9.17) is 9.84 Å². The van der Waals surface area contributed by atoms with Gasteiger partial charge in [-0.25, -0.2) is 4.79 Å². The van der Waals surface area contributed by atoms with Crippen LogP contribution in [0.1, 0.15) is 0 Å². The highest BCUT2D eigenvalue weighted by atomic mass is 16.5. The second kappa shape index (κ2) is 6.60. The first-order valence-corrected chi connectivity index (χ1v) is 5.14. The zero-order valence-corrected chi connectivity index (χ0v) is 9.03. The van der Waals surface area contributed by atoms with Crippen molar-refractivity contribution in [2.24, 2.45) is 0 Å². The van der Waals surface area contributed by atoms with Gasteiger partial charge in [-0.1, -0.05) is 0 Å². The molecule has 0 aromatic heterocycles. The summed E-state index contributed by atoms with van der Waals surface area (Å²) in [5.41, 5.74) is 0. The molecule has 0 bridgehead atoms. The summed E-state index contributed by atoms with van der Waals surface area (Å²) in [7, 11) is 1.60. The van der Waals surface area contributed by atoms with Gasteiger partial charge in [0.05, 0.1) is 19.3 Å². The summed E-state index contributed by atoms with van der Waals surface area (Å²) in [5.74, 6) is 0. The van der Waals surface area contributed by atoms with Gasteiger partial charge in [0.2, 0.25) is 0 Å². The first-order valence-electron chi connectivity index (χ1n) is 5.14. The Morgan fingerprint density at radius 2 is 2.53 bits per heavy atom. The van der Waals surface area contributed by atoms with Crippen LogP contribution in [0, 0.1) is 0 Å². The Kier molecular flexibility index (Phi) is 5.38. The van der Waals surface area contributed by atoms with Crippen molar-refractivity contribution in [3.8, 4) is 0 Å². The van der Waals surface area contributed by atoms with E-state index in [2.05, 4.69) is 10.6 Å². The summed E-state index contributed by atoms with van der Waals surface area (Å²) in [6, 6.07) is -0.0650. The predicted octanol–water partition coefficient (Wildman–Crippen LogP) is -1.39. The van der Waals surface area contributed by atoms with Crippen LogP contribution < -0.4 is 10.6 Å². The SMILES string of the molecule is COCC(CO)NCCN1CCNC1=O. The topological polar surface area (TPSA) is 73.8 Å². The maximum Gasteiger partial charge on any atom is 0.317 e. The molecule has 2 amide bonds. The number of carbonyl (C=O) groups is 1. The maximum absolute atomic E-state index is 11.2. The summed E-state index contributed by atoms with van der Waals surface area (Å²) in [6.45, 7) is 3.33. The van der Waals surface area contributed by atoms with Crippen molar-refractivity contribution in [3.63, 3.8) is 0 Å². The third-order valence-corrected chi connectivity index (χ3v) is 2.35. The van der Waals surface area contributed by atoms with E-state index in [1.165, 1.54) is 0 Å². The molecule has 88 valence electrons. The van der Waals surface area contributed by atoms with Gasteiger partial charge in [0, 0.05) is 33.3 Å². The molecule has 0 aliphatic carbocycles. The van der Waals surface area contributed by atoms with E-state index in [9.17, 15) is 4.79 Å². The summed E-state index contributed by atoms with van der Waals surface area (Å²) in [6.07, 6.45) is 0. The average molecular weight is 217 g/mol. The Hall–Kier alpha value is -0.850. The molecule has 6 heteroatoms. The van der Waals surface area contributed by atoms with E-state index in [-0.39, 0.29) is 18.7 Å². The third-order valence-electron chi connectivity index (χ3n) is 2.35. The van der Waals surface area contributed by atoms with E-state index in [0.717, 1.165) is 13.1 Å². The van der Waals surface area contributed by atoms with Crippen LogP contribution in [0.3, 0.4) is 0 Å². The first kappa shape index (κ1) is 12.2. The van der Waals surface area contributed by atoms with E-state index in [0.29, 0.717) is 19.7 Å². The molecule has 1 atom stereocenters.